The number of benzene rings is 2. The normalized spacial score (nSPS) is 12.9. The fourth-order valence-corrected chi connectivity index (χ4v) is 5.30. The molecule has 16 heteroatoms. The lowest BCUT2D eigenvalue weighted by atomic mass is 10.0. The van der Waals surface area contributed by atoms with E-state index in [0.29, 0.717) is 12.1 Å². The molecule has 4 rings (SSSR count). The van der Waals surface area contributed by atoms with Crippen LogP contribution in [0.3, 0.4) is 0 Å². The molecular formula is C20H11ClF6N4O4S. The molecule has 2 aromatic carbocycles. The van der Waals surface area contributed by atoms with Gasteiger partial charge in [-0.3, -0.25) is 0 Å². The van der Waals surface area contributed by atoms with Crippen LogP contribution in [0.1, 0.15) is 27.0 Å². The molecule has 2 aromatic heterocycles. The van der Waals surface area contributed by atoms with Gasteiger partial charge >= 0.3 is 18.3 Å². The molecule has 0 aliphatic rings. The van der Waals surface area contributed by atoms with Gasteiger partial charge in [-0.1, -0.05) is 17.7 Å². The van der Waals surface area contributed by atoms with Crippen molar-refractivity contribution in [1.29, 1.82) is 0 Å². The summed E-state index contributed by atoms with van der Waals surface area (Å²) in [7, 11) is -4.59. The number of alkyl halides is 6. The predicted octanol–water partition coefficient (Wildman–Crippen LogP) is 5.11. The fraction of sp³-hybridized carbons (Fsp3) is 0.150. The number of hydrogen-bond donors (Lipinski definition) is 2. The number of aromatic carboxylic acids is 1. The second-order valence-electron chi connectivity index (χ2n) is 7.47. The van der Waals surface area contributed by atoms with E-state index in [1.165, 1.54) is 0 Å². The van der Waals surface area contributed by atoms with Gasteiger partial charge in [0.05, 0.1) is 49.6 Å². The Hall–Kier alpha value is -3.59. The maximum atomic E-state index is 13.5. The van der Waals surface area contributed by atoms with Gasteiger partial charge in [0.1, 0.15) is 0 Å². The highest BCUT2D eigenvalue weighted by Crippen LogP contribution is 2.39. The van der Waals surface area contributed by atoms with Crippen molar-refractivity contribution in [2.75, 3.05) is 0 Å². The van der Waals surface area contributed by atoms with E-state index in [1.807, 2.05) is 0 Å². The fourth-order valence-electron chi connectivity index (χ4n) is 3.32. The van der Waals surface area contributed by atoms with Gasteiger partial charge in [0.15, 0.2) is 9.84 Å². The van der Waals surface area contributed by atoms with Crippen molar-refractivity contribution in [3.63, 3.8) is 0 Å². The number of sulfone groups is 1. The minimum absolute atomic E-state index is 0.00906. The average molecular weight is 553 g/mol. The SMILES string of the molecule is O=C(O)c1cnn(-c2nc3cc(Cl)c(S(=O)(=O)Cc4ccc(C(F)(F)F)cc4C(F)(F)F)cc3[nH]2)c1. The van der Waals surface area contributed by atoms with Crippen molar-refractivity contribution in [3.8, 4) is 5.95 Å². The number of imidazole rings is 1. The molecule has 2 N–H and O–H groups in total. The van der Waals surface area contributed by atoms with Gasteiger partial charge in [0, 0.05) is 6.20 Å². The van der Waals surface area contributed by atoms with E-state index in [9.17, 15) is 39.6 Å². The Labute approximate surface area is 202 Å². The van der Waals surface area contributed by atoms with Crippen LogP contribution in [0.5, 0.6) is 0 Å². The molecule has 8 nitrogen and oxygen atoms in total. The molecule has 4 aromatic rings. The number of fused-ring (bicyclic) bond motifs is 1. The van der Waals surface area contributed by atoms with Crippen LogP contribution in [0, 0.1) is 0 Å². The number of hydrogen-bond acceptors (Lipinski definition) is 5. The van der Waals surface area contributed by atoms with E-state index in [2.05, 4.69) is 15.1 Å². The number of rotatable bonds is 5. The average Bonchev–Trinajstić information content (AvgIpc) is 3.38. The maximum Gasteiger partial charge on any atom is 0.416 e. The molecule has 36 heavy (non-hydrogen) atoms. The molecule has 0 fully saturated rings. The quantitative estimate of drug-likeness (QED) is 0.332. The van der Waals surface area contributed by atoms with Crippen molar-refractivity contribution >= 4 is 38.4 Å². The Morgan fingerprint density at radius 1 is 1.08 bits per heavy atom. The number of aromatic amines is 1. The van der Waals surface area contributed by atoms with Crippen molar-refractivity contribution < 1.29 is 44.7 Å². The van der Waals surface area contributed by atoms with Crippen molar-refractivity contribution in [2.24, 2.45) is 0 Å². The molecule has 0 saturated carbocycles. The summed E-state index contributed by atoms with van der Waals surface area (Å²) in [5.74, 6) is -2.55. The molecule has 0 saturated heterocycles. The second kappa shape index (κ2) is 8.51. The van der Waals surface area contributed by atoms with Crippen LogP contribution < -0.4 is 0 Å². The van der Waals surface area contributed by atoms with Crippen LogP contribution in [0.25, 0.3) is 17.0 Å². The zero-order valence-electron chi connectivity index (χ0n) is 17.3. The van der Waals surface area contributed by atoms with Gasteiger partial charge in [-0.2, -0.15) is 31.4 Å². The van der Waals surface area contributed by atoms with Gasteiger partial charge in [-0.25, -0.2) is 22.9 Å². The Bertz CT molecular complexity index is 1610. The third-order valence-corrected chi connectivity index (χ3v) is 7.12. The minimum Gasteiger partial charge on any atom is -0.478 e. The molecule has 0 spiro atoms. The van der Waals surface area contributed by atoms with E-state index in [0.717, 1.165) is 29.2 Å². The van der Waals surface area contributed by atoms with Crippen LogP contribution in [-0.2, 0) is 27.9 Å². The second-order valence-corrected chi connectivity index (χ2v) is 9.83. The number of aromatic nitrogens is 4. The summed E-state index contributed by atoms with van der Waals surface area (Å²) >= 11 is 6.07. The van der Waals surface area contributed by atoms with Crippen molar-refractivity contribution in [2.45, 2.75) is 23.0 Å². The molecule has 0 bridgehead atoms. The number of H-pyrrole nitrogens is 1. The monoisotopic (exact) mass is 552 g/mol. The highest BCUT2D eigenvalue weighted by molar-refractivity contribution is 7.90. The topological polar surface area (TPSA) is 118 Å². The largest absolute Gasteiger partial charge is 0.478 e. The third-order valence-electron chi connectivity index (χ3n) is 4.99. The van der Waals surface area contributed by atoms with Crippen LogP contribution >= 0.6 is 11.6 Å². The van der Waals surface area contributed by atoms with Gasteiger partial charge in [0.2, 0.25) is 5.95 Å². The number of halogens is 7. The van der Waals surface area contributed by atoms with Gasteiger partial charge in [0.25, 0.3) is 0 Å². The highest BCUT2D eigenvalue weighted by atomic mass is 35.5. The van der Waals surface area contributed by atoms with Gasteiger partial charge in [-0.15, -0.1) is 0 Å². The third kappa shape index (κ3) is 4.88. The minimum atomic E-state index is -5.25. The van der Waals surface area contributed by atoms with Crippen LogP contribution in [0.4, 0.5) is 26.3 Å². The number of carbonyl (C=O) groups is 1. The molecule has 0 atom stereocenters. The van der Waals surface area contributed by atoms with E-state index >= 15 is 0 Å². The summed E-state index contributed by atoms with van der Waals surface area (Å²) in [6, 6.07) is 2.79. The Morgan fingerprint density at radius 3 is 2.36 bits per heavy atom. The van der Waals surface area contributed by atoms with Crippen LogP contribution in [-0.4, -0.2) is 39.2 Å². The molecule has 2 heterocycles. The molecule has 0 radical (unpaired) electrons. The van der Waals surface area contributed by atoms with Gasteiger partial charge < -0.3 is 10.1 Å². The molecule has 0 unspecified atom stereocenters. The standard InChI is InChI=1S/C20H11ClF6N4O4S/c21-13-4-14-15(30-18(29-14)31-7-10(6-28-31)17(32)33)5-16(13)36(34,35)8-9-1-2-11(19(22,23)24)3-12(9)20(25,26)27/h1-7H,8H2,(H,29,30)(H,32,33). The van der Waals surface area contributed by atoms with E-state index < -0.39 is 60.5 Å². The first-order valence-corrected chi connectivity index (χ1v) is 11.6. The van der Waals surface area contributed by atoms with Crippen molar-refractivity contribution in [1.82, 2.24) is 19.7 Å². The Morgan fingerprint density at radius 2 is 1.78 bits per heavy atom. The van der Waals surface area contributed by atoms with E-state index in [4.69, 9.17) is 16.7 Å². The zero-order chi connectivity index (χ0) is 26.6. The van der Waals surface area contributed by atoms with Crippen LogP contribution in [0.2, 0.25) is 5.02 Å². The molecular weight excluding hydrogens is 542 g/mol. The summed E-state index contributed by atoms with van der Waals surface area (Å²) < 4.78 is 106. The molecule has 190 valence electrons. The number of nitrogens with zero attached hydrogens (tertiary/aromatic N) is 3. The lowest BCUT2D eigenvalue weighted by Crippen LogP contribution is -2.16. The first-order chi connectivity index (χ1) is 16.6. The molecule has 0 aliphatic heterocycles. The first kappa shape index (κ1) is 25.5. The summed E-state index contributed by atoms with van der Waals surface area (Å²) in [5, 5.41) is 12.4. The molecule has 0 amide bonds. The Balaban J connectivity index is 1.75. The van der Waals surface area contributed by atoms with E-state index in [-0.39, 0.29) is 28.6 Å². The summed E-state index contributed by atoms with van der Waals surface area (Å²) in [5.41, 5.74) is -4.17. The number of nitrogens with one attached hydrogen (secondary N) is 1. The summed E-state index contributed by atoms with van der Waals surface area (Å²) in [4.78, 5) is 17.3. The lowest BCUT2D eigenvalue weighted by molar-refractivity contribution is -0.143. The van der Waals surface area contributed by atoms with Crippen molar-refractivity contribution in [3.05, 3.63) is 70.0 Å². The van der Waals surface area contributed by atoms with Crippen LogP contribution in [0.15, 0.2) is 47.6 Å². The van der Waals surface area contributed by atoms with Gasteiger partial charge in [-0.05, 0) is 29.8 Å². The molecule has 0 aliphatic carbocycles. The maximum absolute atomic E-state index is 13.5. The summed E-state index contributed by atoms with van der Waals surface area (Å²) in [6.45, 7) is 0. The smallest absolute Gasteiger partial charge is 0.416 e. The predicted molar refractivity (Wildman–Crippen MR) is 113 cm³/mol. The van der Waals surface area contributed by atoms with E-state index in [1.54, 1.807) is 0 Å². The summed E-state index contributed by atoms with van der Waals surface area (Å²) in [6.07, 6.45) is -8.15. The number of carboxylic acid groups (broad SMARTS) is 1. The zero-order valence-corrected chi connectivity index (χ0v) is 18.9. The highest BCUT2D eigenvalue weighted by Gasteiger charge is 2.39. The Kier molecular flexibility index (Phi) is 6.03. The number of carboxylic acids is 1. The first-order valence-electron chi connectivity index (χ1n) is 9.54. The lowest BCUT2D eigenvalue weighted by Gasteiger charge is -2.16.